The highest BCUT2D eigenvalue weighted by Crippen LogP contribution is 2.61. The molecule has 0 aromatic carbocycles. The summed E-state index contributed by atoms with van der Waals surface area (Å²) >= 11 is 1.38. The highest BCUT2D eigenvalue weighted by molar-refractivity contribution is 7.99. The van der Waals surface area contributed by atoms with Crippen LogP contribution in [0.15, 0.2) is 5.16 Å². The number of esters is 1. The number of tetrazole rings is 1. The SMILES string of the molecule is C[C@H]1[C@H]2C[C@H](C[C@H]1OC(=O)CSc1nnnn1C1CC1)C2(C)C. The Bertz CT molecular complexity index is 613. The first-order chi connectivity index (χ1) is 11.0. The summed E-state index contributed by atoms with van der Waals surface area (Å²) in [5.74, 6) is 2.00. The van der Waals surface area contributed by atoms with E-state index < -0.39 is 0 Å². The zero-order valence-electron chi connectivity index (χ0n) is 13.9. The van der Waals surface area contributed by atoms with Gasteiger partial charge in [-0.3, -0.25) is 4.79 Å². The predicted molar refractivity (Wildman–Crippen MR) is 85.9 cm³/mol. The van der Waals surface area contributed by atoms with E-state index in [4.69, 9.17) is 4.74 Å². The van der Waals surface area contributed by atoms with Crippen LogP contribution in [-0.4, -0.2) is 38.0 Å². The van der Waals surface area contributed by atoms with Gasteiger partial charge in [0.25, 0.3) is 0 Å². The van der Waals surface area contributed by atoms with Crippen molar-refractivity contribution < 1.29 is 9.53 Å². The molecule has 0 amide bonds. The largest absolute Gasteiger partial charge is 0.461 e. The van der Waals surface area contributed by atoms with E-state index in [0.717, 1.165) is 24.4 Å². The van der Waals surface area contributed by atoms with Crippen LogP contribution in [0.3, 0.4) is 0 Å². The lowest BCUT2D eigenvalue weighted by atomic mass is 9.45. The lowest BCUT2D eigenvalue weighted by Gasteiger charge is -2.61. The summed E-state index contributed by atoms with van der Waals surface area (Å²) in [5, 5.41) is 12.4. The van der Waals surface area contributed by atoms with Crippen molar-refractivity contribution in [1.29, 1.82) is 0 Å². The predicted octanol–water partition coefficient (Wildman–Crippen LogP) is 2.71. The highest BCUT2D eigenvalue weighted by Gasteiger charge is 2.57. The molecule has 6 nitrogen and oxygen atoms in total. The van der Waals surface area contributed by atoms with Crippen molar-refractivity contribution in [3.63, 3.8) is 0 Å². The first-order valence-corrected chi connectivity index (χ1v) is 9.55. The molecule has 0 N–H and O–H groups in total. The van der Waals surface area contributed by atoms with E-state index in [1.54, 1.807) is 0 Å². The molecule has 0 radical (unpaired) electrons. The Hall–Kier alpha value is -1.11. The van der Waals surface area contributed by atoms with Crippen molar-refractivity contribution in [3.8, 4) is 0 Å². The van der Waals surface area contributed by atoms with Gasteiger partial charge in [-0.15, -0.1) is 5.10 Å². The van der Waals surface area contributed by atoms with Crippen molar-refractivity contribution >= 4 is 17.7 Å². The van der Waals surface area contributed by atoms with E-state index in [-0.39, 0.29) is 17.8 Å². The Morgan fingerprint density at radius 1 is 1.39 bits per heavy atom. The van der Waals surface area contributed by atoms with Crippen LogP contribution in [0.4, 0.5) is 0 Å². The van der Waals surface area contributed by atoms with Gasteiger partial charge in [-0.1, -0.05) is 32.5 Å². The molecule has 2 bridgehead atoms. The highest BCUT2D eigenvalue weighted by atomic mass is 32.2. The van der Waals surface area contributed by atoms with Crippen LogP contribution in [0.25, 0.3) is 0 Å². The summed E-state index contributed by atoms with van der Waals surface area (Å²) in [5.41, 5.74) is 0.420. The third-order valence-corrected chi connectivity index (χ3v) is 7.15. The number of hydrogen-bond donors (Lipinski definition) is 0. The van der Waals surface area contributed by atoms with Crippen molar-refractivity contribution in [1.82, 2.24) is 20.2 Å². The van der Waals surface area contributed by atoms with Gasteiger partial charge in [-0.2, -0.15) is 0 Å². The van der Waals surface area contributed by atoms with Gasteiger partial charge in [-0.05, 0) is 59.3 Å². The molecule has 126 valence electrons. The monoisotopic (exact) mass is 336 g/mol. The molecule has 7 heteroatoms. The Morgan fingerprint density at radius 2 is 2.17 bits per heavy atom. The van der Waals surface area contributed by atoms with Crippen LogP contribution >= 0.6 is 11.8 Å². The molecule has 1 aromatic heterocycles. The summed E-state index contributed by atoms with van der Waals surface area (Å²) in [6.07, 6.45) is 4.65. The number of rotatable bonds is 5. The maximum Gasteiger partial charge on any atom is 0.316 e. The molecule has 0 saturated heterocycles. The summed E-state index contributed by atoms with van der Waals surface area (Å²) in [4.78, 5) is 12.2. The maximum absolute atomic E-state index is 12.2. The lowest BCUT2D eigenvalue weighted by molar-refractivity contribution is -0.183. The van der Waals surface area contributed by atoms with Gasteiger partial charge < -0.3 is 4.74 Å². The van der Waals surface area contributed by atoms with Crippen LogP contribution < -0.4 is 0 Å². The second kappa shape index (κ2) is 5.46. The number of hydrogen-bond acceptors (Lipinski definition) is 6. The first kappa shape index (κ1) is 15.4. The number of ether oxygens (including phenoxy) is 1. The molecule has 4 aliphatic rings. The number of carbonyl (C=O) groups is 1. The van der Waals surface area contributed by atoms with Gasteiger partial charge >= 0.3 is 5.97 Å². The average Bonchev–Trinajstić information content (AvgIpc) is 3.25. The number of aromatic nitrogens is 4. The zero-order valence-corrected chi connectivity index (χ0v) is 14.8. The Balaban J connectivity index is 1.30. The van der Waals surface area contributed by atoms with Gasteiger partial charge in [0.2, 0.25) is 5.16 Å². The van der Waals surface area contributed by atoms with E-state index in [0.29, 0.717) is 29.2 Å². The van der Waals surface area contributed by atoms with Crippen molar-refractivity contribution in [3.05, 3.63) is 0 Å². The number of thioether (sulfide) groups is 1. The van der Waals surface area contributed by atoms with Crippen molar-refractivity contribution in [2.75, 3.05) is 5.75 Å². The zero-order chi connectivity index (χ0) is 16.2. The first-order valence-electron chi connectivity index (χ1n) is 8.57. The summed E-state index contributed by atoms with van der Waals surface area (Å²) in [6, 6.07) is 0.427. The van der Waals surface area contributed by atoms with Gasteiger partial charge in [0, 0.05) is 0 Å². The van der Waals surface area contributed by atoms with Gasteiger partial charge in [-0.25, -0.2) is 4.68 Å². The summed E-state index contributed by atoms with van der Waals surface area (Å²) < 4.78 is 7.61. The number of carbonyl (C=O) groups excluding carboxylic acids is 1. The van der Waals surface area contributed by atoms with Crippen LogP contribution in [0, 0.1) is 23.2 Å². The second-order valence-electron chi connectivity index (χ2n) is 7.91. The second-order valence-corrected chi connectivity index (χ2v) is 8.85. The molecule has 1 aromatic rings. The topological polar surface area (TPSA) is 69.9 Å². The Labute approximate surface area is 140 Å². The lowest BCUT2D eigenvalue weighted by Crippen LogP contribution is -2.57. The molecular formula is C16H24N4O2S. The molecule has 4 atom stereocenters. The Morgan fingerprint density at radius 3 is 2.83 bits per heavy atom. The minimum atomic E-state index is -0.142. The van der Waals surface area contributed by atoms with E-state index in [9.17, 15) is 4.79 Å². The molecule has 5 rings (SSSR count). The fourth-order valence-corrected chi connectivity index (χ4v) is 5.14. The molecule has 0 spiro atoms. The molecule has 4 saturated carbocycles. The van der Waals surface area contributed by atoms with Crippen LogP contribution in [0.1, 0.15) is 52.5 Å². The summed E-state index contributed by atoms with van der Waals surface area (Å²) in [7, 11) is 0. The summed E-state index contributed by atoms with van der Waals surface area (Å²) in [6.45, 7) is 6.95. The van der Waals surface area contributed by atoms with Gasteiger partial charge in [0.1, 0.15) is 6.10 Å². The minimum absolute atomic E-state index is 0.0827. The Kier molecular flexibility index (Phi) is 3.66. The fraction of sp³-hybridized carbons (Fsp3) is 0.875. The minimum Gasteiger partial charge on any atom is -0.461 e. The standard InChI is InChI=1S/C16H24N4O2S/c1-9-12-6-10(16(12,2)3)7-13(9)22-14(21)8-23-15-17-18-19-20(15)11-4-5-11/h9-13H,4-8H2,1-3H3/t9-,10+,12+,13+/m0/s1. The van der Waals surface area contributed by atoms with Crippen LogP contribution in [-0.2, 0) is 9.53 Å². The van der Waals surface area contributed by atoms with Crippen molar-refractivity contribution in [2.45, 2.75) is 63.8 Å². The van der Waals surface area contributed by atoms with E-state index >= 15 is 0 Å². The smallest absolute Gasteiger partial charge is 0.316 e. The number of fused-ring (bicyclic) bond motifs is 2. The molecule has 0 unspecified atom stereocenters. The molecule has 1 heterocycles. The molecule has 4 fully saturated rings. The fourth-order valence-electron chi connectivity index (χ4n) is 4.41. The van der Waals surface area contributed by atoms with E-state index in [1.807, 2.05) is 4.68 Å². The van der Waals surface area contributed by atoms with Crippen LogP contribution in [0.5, 0.6) is 0 Å². The average molecular weight is 336 g/mol. The van der Waals surface area contributed by atoms with E-state index in [1.165, 1.54) is 18.2 Å². The number of nitrogens with zero attached hydrogens (tertiary/aromatic N) is 4. The quantitative estimate of drug-likeness (QED) is 0.608. The third kappa shape index (κ3) is 2.66. The van der Waals surface area contributed by atoms with Gasteiger partial charge in [0.05, 0.1) is 11.8 Å². The molecule has 4 aliphatic carbocycles. The van der Waals surface area contributed by atoms with Gasteiger partial charge in [0.15, 0.2) is 0 Å². The maximum atomic E-state index is 12.2. The normalized spacial score (nSPS) is 34.7. The third-order valence-electron chi connectivity index (χ3n) is 6.24. The molecule has 0 aliphatic heterocycles. The van der Waals surface area contributed by atoms with Crippen LogP contribution in [0.2, 0.25) is 0 Å². The van der Waals surface area contributed by atoms with E-state index in [2.05, 4.69) is 36.3 Å². The van der Waals surface area contributed by atoms with Crippen molar-refractivity contribution in [2.24, 2.45) is 23.2 Å². The molecular weight excluding hydrogens is 312 g/mol. The molecule has 23 heavy (non-hydrogen) atoms.